The summed E-state index contributed by atoms with van der Waals surface area (Å²) in [4.78, 5) is 5.02. The Balaban J connectivity index is 1.22. The molecule has 2 aliphatic rings. The van der Waals surface area contributed by atoms with Crippen LogP contribution in [-0.2, 0) is 11.8 Å². The zero-order valence-corrected chi connectivity index (χ0v) is 28.4. The minimum atomic E-state index is -0.425. The van der Waals surface area contributed by atoms with E-state index < -0.39 is 5.41 Å². The van der Waals surface area contributed by atoms with Crippen LogP contribution in [-0.4, -0.2) is 9.55 Å². The van der Waals surface area contributed by atoms with Crippen molar-refractivity contribution >= 4 is 32.6 Å². The van der Waals surface area contributed by atoms with E-state index in [0.717, 1.165) is 35.4 Å². The molecule has 0 radical (unpaired) electrons. The van der Waals surface area contributed by atoms with Crippen LogP contribution in [0.4, 0.5) is 0 Å². The summed E-state index contributed by atoms with van der Waals surface area (Å²) in [5.74, 6) is 1.11. The van der Waals surface area contributed by atoms with Gasteiger partial charge in [-0.15, -0.1) is 0 Å². The molecule has 240 valence electrons. The second kappa shape index (κ2) is 10.6. The lowest BCUT2D eigenvalue weighted by molar-refractivity contribution is 0.795. The smallest absolute Gasteiger partial charge is 0.114 e. The van der Waals surface area contributed by atoms with E-state index in [2.05, 4.69) is 175 Å². The zero-order chi connectivity index (χ0) is 33.7. The van der Waals surface area contributed by atoms with Gasteiger partial charge in [-0.05, 0) is 114 Å². The van der Waals surface area contributed by atoms with Crippen molar-refractivity contribution in [1.82, 2.24) is 9.55 Å². The molecule has 0 aliphatic heterocycles. The first-order valence-electron chi connectivity index (χ1n) is 18.1. The van der Waals surface area contributed by atoms with Gasteiger partial charge in [0, 0.05) is 12.1 Å². The predicted octanol–water partition coefficient (Wildman–Crippen LogP) is 12.3. The minimum absolute atomic E-state index is 0.425. The fourth-order valence-electron chi connectivity index (χ4n) is 9.54. The molecule has 2 aliphatic carbocycles. The number of fused-ring (bicyclic) bond motifs is 15. The summed E-state index contributed by atoms with van der Waals surface area (Å²) < 4.78 is 2.34. The van der Waals surface area contributed by atoms with Crippen LogP contribution in [0, 0.1) is 0 Å². The molecular weight excluding hydrogens is 617 g/mol. The Kier molecular flexibility index (Phi) is 5.95. The van der Waals surface area contributed by atoms with Crippen LogP contribution < -0.4 is 0 Å². The number of nitrogens with zero attached hydrogens (tertiary/aromatic N) is 2. The quantitative estimate of drug-likeness (QED) is 0.185. The third-order valence-electron chi connectivity index (χ3n) is 11.5. The molecule has 51 heavy (non-hydrogen) atoms. The average Bonchev–Trinajstić information content (AvgIpc) is 3.82. The van der Waals surface area contributed by atoms with Gasteiger partial charge in [0.15, 0.2) is 0 Å². The molecule has 1 aromatic heterocycles. The summed E-state index contributed by atoms with van der Waals surface area (Å²) >= 11 is 0. The van der Waals surface area contributed by atoms with Gasteiger partial charge in [-0.1, -0.05) is 140 Å². The molecule has 11 rings (SSSR count). The molecule has 8 aromatic carbocycles. The molecule has 9 aromatic rings. The molecule has 0 N–H and O–H groups in total. The Morgan fingerprint density at radius 3 is 1.90 bits per heavy atom. The van der Waals surface area contributed by atoms with Gasteiger partial charge in [0.2, 0.25) is 0 Å². The topological polar surface area (TPSA) is 17.8 Å². The molecule has 0 bridgehead atoms. The van der Waals surface area contributed by atoms with Crippen LogP contribution in [0.5, 0.6) is 0 Å². The number of benzene rings is 8. The molecule has 0 fully saturated rings. The number of hydrogen-bond donors (Lipinski definition) is 0. The molecule has 0 atom stereocenters. The number of aryl methyl sites for hydroxylation is 1. The van der Waals surface area contributed by atoms with Crippen LogP contribution in [0.2, 0.25) is 0 Å². The van der Waals surface area contributed by atoms with Crippen molar-refractivity contribution in [2.24, 2.45) is 0 Å². The molecule has 0 amide bonds. The van der Waals surface area contributed by atoms with Crippen molar-refractivity contribution in [2.75, 3.05) is 0 Å². The molecule has 0 saturated heterocycles. The van der Waals surface area contributed by atoms with E-state index in [1.807, 2.05) is 0 Å². The van der Waals surface area contributed by atoms with Crippen molar-refractivity contribution in [1.29, 1.82) is 0 Å². The Morgan fingerprint density at radius 2 is 1.14 bits per heavy atom. The third-order valence-corrected chi connectivity index (χ3v) is 11.5. The molecule has 0 saturated carbocycles. The largest absolute Gasteiger partial charge is 0.296 e. The van der Waals surface area contributed by atoms with E-state index >= 15 is 0 Å². The maximum Gasteiger partial charge on any atom is 0.114 e. The van der Waals surface area contributed by atoms with Crippen molar-refractivity contribution in [2.45, 2.75) is 25.2 Å². The highest BCUT2D eigenvalue weighted by Gasteiger charge is 2.52. The summed E-state index contributed by atoms with van der Waals surface area (Å²) in [5, 5.41) is 5.17. The van der Waals surface area contributed by atoms with Crippen molar-refractivity contribution in [3.63, 3.8) is 0 Å². The van der Waals surface area contributed by atoms with Crippen molar-refractivity contribution < 1.29 is 0 Å². The van der Waals surface area contributed by atoms with Crippen LogP contribution in [0.3, 0.4) is 0 Å². The summed E-state index contributed by atoms with van der Waals surface area (Å²) in [6, 6.07) is 61.1. The van der Waals surface area contributed by atoms with Gasteiger partial charge in [0.1, 0.15) is 5.82 Å². The number of para-hydroxylation sites is 2. The Hall–Kier alpha value is -6.25. The van der Waals surface area contributed by atoms with Crippen LogP contribution in [0.15, 0.2) is 164 Å². The Labute approximate surface area is 297 Å². The highest BCUT2D eigenvalue weighted by atomic mass is 15.1. The van der Waals surface area contributed by atoms with Gasteiger partial charge in [-0.25, -0.2) is 4.98 Å². The van der Waals surface area contributed by atoms with E-state index in [9.17, 15) is 0 Å². The lowest BCUT2D eigenvalue weighted by Gasteiger charge is -2.31. The zero-order valence-electron chi connectivity index (χ0n) is 28.4. The van der Waals surface area contributed by atoms with E-state index in [4.69, 9.17) is 4.98 Å². The summed E-state index contributed by atoms with van der Waals surface area (Å²) in [6.07, 6.45) is 1.99. The Bertz CT molecular complexity index is 2830. The fourth-order valence-corrected chi connectivity index (χ4v) is 9.54. The first-order chi connectivity index (χ1) is 25.3. The second-order valence-corrected chi connectivity index (χ2v) is 14.1. The monoisotopic (exact) mass is 650 g/mol. The minimum Gasteiger partial charge on any atom is -0.296 e. The van der Waals surface area contributed by atoms with Crippen LogP contribution in [0.1, 0.15) is 41.4 Å². The normalized spacial score (nSPS) is 13.5. The Morgan fingerprint density at radius 1 is 0.510 bits per heavy atom. The van der Waals surface area contributed by atoms with E-state index in [-0.39, 0.29) is 0 Å². The molecular formula is C49H34N2. The number of hydrogen-bond acceptors (Lipinski definition) is 1. The third kappa shape index (κ3) is 3.74. The summed E-state index contributed by atoms with van der Waals surface area (Å²) in [6.45, 7) is 2.22. The van der Waals surface area contributed by atoms with E-state index in [0.29, 0.717) is 0 Å². The molecule has 1 spiro atoms. The molecule has 0 unspecified atom stereocenters. The molecule has 1 heterocycles. The number of imidazole rings is 1. The van der Waals surface area contributed by atoms with E-state index in [1.165, 1.54) is 77.2 Å². The van der Waals surface area contributed by atoms with Crippen LogP contribution in [0.25, 0.3) is 71.6 Å². The lowest BCUT2D eigenvalue weighted by Crippen LogP contribution is -2.26. The number of aromatic nitrogens is 2. The van der Waals surface area contributed by atoms with Crippen LogP contribution >= 0.6 is 0 Å². The van der Waals surface area contributed by atoms with Crippen molar-refractivity contribution in [3.8, 4) is 39.1 Å². The first-order valence-corrected chi connectivity index (χ1v) is 18.1. The SMILES string of the molecule is CCCc1nc2ccccc2n1-c1ccc(-c2cc3c(c4ccccc24)-c2c(ccc4ccccc24)C32c3ccccc3-c3ccccc32)cc1. The van der Waals surface area contributed by atoms with Gasteiger partial charge >= 0.3 is 0 Å². The van der Waals surface area contributed by atoms with Crippen molar-refractivity contribution in [3.05, 3.63) is 192 Å². The van der Waals surface area contributed by atoms with Gasteiger partial charge in [-0.3, -0.25) is 4.57 Å². The summed E-state index contributed by atoms with van der Waals surface area (Å²) in [7, 11) is 0. The van der Waals surface area contributed by atoms with Gasteiger partial charge in [-0.2, -0.15) is 0 Å². The van der Waals surface area contributed by atoms with Gasteiger partial charge in [0.05, 0.1) is 16.4 Å². The van der Waals surface area contributed by atoms with E-state index in [1.54, 1.807) is 0 Å². The maximum absolute atomic E-state index is 5.02. The predicted molar refractivity (Wildman–Crippen MR) is 212 cm³/mol. The second-order valence-electron chi connectivity index (χ2n) is 14.1. The molecule has 2 nitrogen and oxygen atoms in total. The summed E-state index contributed by atoms with van der Waals surface area (Å²) in [5.41, 5.74) is 16.3. The molecule has 2 heteroatoms. The highest BCUT2D eigenvalue weighted by molar-refractivity contribution is 6.16. The fraction of sp³-hybridized carbons (Fsp3) is 0.0816. The average molecular weight is 651 g/mol. The standard InChI is InChI=1S/C49H34N2/c1-2-13-46-50-44-22-11-12-23-45(44)51(46)33-27-24-32(25-28-33)39-30-43-48(38-19-6-5-16-35(38)39)47-34-15-4-3-14-31(34)26-29-42(47)49(43)40-20-9-7-17-36(40)37-18-8-10-21-41(37)49/h3-12,14-30H,2,13H2,1H3. The maximum atomic E-state index is 5.02. The highest BCUT2D eigenvalue weighted by Crippen LogP contribution is 2.65. The number of rotatable bonds is 4. The lowest BCUT2D eigenvalue weighted by atomic mass is 9.70. The first kappa shape index (κ1) is 28.6. The van der Waals surface area contributed by atoms with Gasteiger partial charge in [0.25, 0.3) is 0 Å². The van der Waals surface area contributed by atoms with Gasteiger partial charge < -0.3 is 0 Å².